The van der Waals surface area contributed by atoms with Crippen molar-refractivity contribution in [2.75, 3.05) is 38.6 Å². The SMILES string of the molecule is COc1ccc(NC(=O)N2CCCC3(CCC(=O)N(CCC(C)C)C3)C2)cc1. The highest BCUT2D eigenvalue weighted by Gasteiger charge is 2.42. The van der Waals surface area contributed by atoms with E-state index >= 15 is 0 Å². The molecule has 2 saturated heterocycles. The Hall–Kier alpha value is -2.24. The van der Waals surface area contributed by atoms with E-state index in [-0.39, 0.29) is 17.4 Å². The third-order valence-corrected chi connectivity index (χ3v) is 6.01. The van der Waals surface area contributed by atoms with Crippen molar-refractivity contribution in [2.45, 2.75) is 46.0 Å². The normalized spacial score (nSPS) is 22.6. The van der Waals surface area contributed by atoms with E-state index in [2.05, 4.69) is 19.2 Å². The van der Waals surface area contributed by atoms with E-state index in [1.165, 1.54) is 0 Å². The minimum atomic E-state index is -0.0603. The van der Waals surface area contributed by atoms with Crippen molar-refractivity contribution in [3.8, 4) is 5.75 Å². The molecule has 154 valence electrons. The van der Waals surface area contributed by atoms with Gasteiger partial charge in [-0.15, -0.1) is 0 Å². The number of piperidine rings is 2. The fourth-order valence-corrected chi connectivity index (χ4v) is 4.31. The summed E-state index contributed by atoms with van der Waals surface area (Å²) >= 11 is 0. The maximum atomic E-state index is 12.8. The highest BCUT2D eigenvalue weighted by atomic mass is 16.5. The van der Waals surface area contributed by atoms with Gasteiger partial charge in [-0.25, -0.2) is 4.79 Å². The molecule has 0 bridgehead atoms. The maximum absolute atomic E-state index is 12.8. The quantitative estimate of drug-likeness (QED) is 0.831. The molecule has 0 radical (unpaired) electrons. The summed E-state index contributed by atoms with van der Waals surface area (Å²) in [7, 11) is 1.63. The van der Waals surface area contributed by atoms with Crippen molar-refractivity contribution in [2.24, 2.45) is 11.3 Å². The van der Waals surface area contributed by atoms with Crippen LogP contribution in [0.1, 0.15) is 46.0 Å². The van der Waals surface area contributed by atoms with Gasteiger partial charge in [0.05, 0.1) is 7.11 Å². The molecule has 3 rings (SSSR count). The summed E-state index contributed by atoms with van der Waals surface area (Å²) in [5.74, 6) is 1.62. The molecule has 3 amide bonds. The number of likely N-dealkylation sites (tertiary alicyclic amines) is 2. The molecule has 2 heterocycles. The predicted octanol–water partition coefficient (Wildman–Crippen LogP) is 3.98. The number of rotatable bonds is 5. The second-order valence-electron chi connectivity index (χ2n) is 8.68. The molecule has 1 unspecified atom stereocenters. The number of ether oxygens (including phenoxy) is 1. The lowest BCUT2D eigenvalue weighted by Gasteiger charge is -2.48. The zero-order valence-corrected chi connectivity index (χ0v) is 17.4. The summed E-state index contributed by atoms with van der Waals surface area (Å²) in [6, 6.07) is 7.32. The summed E-state index contributed by atoms with van der Waals surface area (Å²) in [4.78, 5) is 29.1. The number of amides is 3. The molecule has 1 spiro atoms. The highest BCUT2D eigenvalue weighted by molar-refractivity contribution is 5.89. The van der Waals surface area contributed by atoms with Crippen LogP contribution >= 0.6 is 0 Å². The van der Waals surface area contributed by atoms with Gasteiger partial charge < -0.3 is 19.9 Å². The number of nitrogens with zero attached hydrogens (tertiary/aromatic N) is 2. The molecule has 1 aromatic carbocycles. The molecular formula is C22H33N3O3. The van der Waals surface area contributed by atoms with Gasteiger partial charge in [0.25, 0.3) is 0 Å². The van der Waals surface area contributed by atoms with Gasteiger partial charge in [0.15, 0.2) is 0 Å². The van der Waals surface area contributed by atoms with Crippen LogP contribution in [-0.2, 0) is 4.79 Å². The Labute approximate surface area is 168 Å². The lowest BCUT2D eigenvalue weighted by molar-refractivity contribution is -0.139. The molecule has 1 aromatic rings. The van der Waals surface area contributed by atoms with E-state index in [4.69, 9.17) is 4.74 Å². The Kier molecular flexibility index (Phi) is 6.47. The fraction of sp³-hybridized carbons (Fsp3) is 0.636. The van der Waals surface area contributed by atoms with Crippen molar-refractivity contribution in [3.05, 3.63) is 24.3 Å². The van der Waals surface area contributed by atoms with Crippen LogP contribution < -0.4 is 10.1 Å². The molecule has 1 atom stereocenters. The molecule has 28 heavy (non-hydrogen) atoms. The summed E-state index contributed by atoms with van der Waals surface area (Å²) in [5.41, 5.74) is 0.809. The monoisotopic (exact) mass is 387 g/mol. The topological polar surface area (TPSA) is 61.9 Å². The van der Waals surface area contributed by atoms with E-state index in [1.54, 1.807) is 7.11 Å². The zero-order chi connectivity index (χ0) is 20.1. The predicted molar refractivity (Wildman–Crippen MR) is 111 cm³/mol. The number of nitrogens with one attached hydrogen (secondary N) is 1. The second-order valence-corrected chi connectivity index (χ2v) is 8.68. The van der Waals surface area contributed by atoms with Gasteiger partial charge >= 0.3 is 6.03 Å². The minimum Gasteiger partial charge on any atom is -0.497 e. The maximum Gasteiger partial charge on any atom is 0.321 e. The van der Waals surface area contributed by atoms with Gasteiger partial charge in [-0.05, 0) is 55.9 Å². The molecule has 6 nitrogen and oxygen atoms in total. The third-order valence-electron chi connectivity index (χ3n) is 6.01. The Bertz CT molecular complexity index is 689. The van der Waals surface area contributed by atoms with E-state index in [1.807, 2.05) is 34.1 Å². The van der Waals surface area contributed by atoms with Crippen LogP contribution in [0.25, 0.3) is 0 Å². The van der Waals surface area contributed by atoms with Gasteiger partial charge in [-0.3, -0.25) is 4.79 Å². The number of urea groups is 1. The van der Waals surface area contributed by atoms with Gasteiger partial charge in [0, 0.05) is 43.7 Å². The van der Waals surface area contributed by atoms with Crippen molar-refractivity contribution in [3.63, 3.8) is 0 Å². The van der Waals surface area contributed by atoms with Crippen LogP contribution in [0.15, 0.2) is 24.3 Å². The molecule has 2 aliphatic rings. The zero-order valence-electron chi connectivity index (χ0n) is 17.4. The first kappa shape index (κ1) is 20.5. The van der Waals surface area contributed by atoms with Gasteiger partial charge in [-0.1, -0.05) is 13.8 Å². The molecule has 0 aliphatic carbocycles. The standard InChI is InChI=1S/C22H33N3O3/c1-17(2)10-14-24-15-22(12-9-20(24)26)11-4-13-25(16-22)21(27)23-18-5-7-19(28-3)8-6-18/h5-8,17H,4,9-16H2,1-3H3,(H,23,27). The summed E-state index contributed by atoms with van der Waals surface area (Å²) in [5, 5.41) is 3.00. The van der Waals surface area contributed by atoms with E-state index < -0.39 is 0 Å². The molecule has 6 heteroatoms. The number of methoxy groups -OCH3 is 1. The lowest BCUT2D eigenvalue weighted by Crippen LogP contribution is -2.55. The van der Waals surface area contributed by atoms with Crippen molar-refractivity contribution < 1.29 is 14.3 Å². The summed E-state index contributed by atoms with van der Waals surface area (Å²) in [6.07, 6.45) is 4.60. The molecule has 0 saturated carbocycles. The number of benzene rings is 1. The molecular weight excluding hydrogens is 354 g/mol. The van der Waals surface area contributed by atoms with Crippen molar-refractivity contribution in [1.82, 2.24) is 9.80 Å². The van der Waals surface area contributed by atoms with Crippen molar-refractivity contribution in [1.29, 1.82) is 0 Å². The molecule has 2 aliphatic heterocycles. The van der Waals surface area contributed by atoms with Crippen molar-refractivity contribution >= 4 is 17.6 Å². The second kappa shape index (κ2) is 8.84. The minimum absolute atomic E-state index is 0.0421. The Balaban J connectivity index is 1.61. The van der Waals surface area contributed by atoms with Crippen LogP contribution in [0.3, 0.4) is 0 Å². The van der Waals surface area contributed by atoms with Crippen LogP contribution in [-0.4, -0.2) is 55.0 Å². The van der Waals surface area contributed by atoms with Gasteiger partial charge in [-0.2, -0.15) is 0 Å². The van der Waals surface area contributed by atoms with Crippen LogP contribution in [0, 0.1) is 11.3 Å². The first-order valence-corrected chi connectivity index (χ1v) is 10.4. The van der Waals surface area contributed by atoms with Crippen LogP contribution in [0.2, 0.25) is 0 Å². The van der Waals surface area contributed by atoms with Crippen LogP contribution in [0.4, 0.5) is 10.5 Å². The smallest absolute Gasteiger partial charge is 0.321 e. The average molecular weight is 388 g/mol. The number of carbonyl (C=O) groups is 2. The highest BCUT2D eigenvalue weighted by Crippen LogP contribution is 2.39. The fourth-order valence-electron chi connectivity index (χ4n) is 4.31. The molecule has 0 aromatic heterocycles. The summed E-state index contributed by atoms with van der Waals surface area (Å²) in [6.45, 7) is 7.48. The third kappa shape index (κ3) is 4.97. The van der Waals surface area contributed by atoms with Crippen LogP contribution in [0.5, 0.6) is 5.75 Å². The number of hydrogen-bond acceptors (Lipinski definition) is 3. The number of anilines is 1. The Morgan fingerprint density at radius 3 is 2.64 bits per heavy atom. The molecule has 2 fully saturated rings. The first-order chi connectivity index (χ1) is 13.4. The number of hydrogen-bond donors (Lipinski definition) is 1. The van der Waals surface area contributed by atoms with E-state index in [9.17, 15) is 9.59 Å². The largest absolute Gasteiger partial charge is 0.497 e. The first-order valence-electron chi connectivity index (χ1n) is 10.4. The van der Waals surface area contributed by atoms with E-state index in [0.29, 0.717) is 12.3 Å². The number of carbonyl (C=O) groups excluding carboxylic acids is 2. The molecule has 1 N–H and O–H groups in total. The van der Waals surface area contributed by atoms with E-state index in [0.717, 1.165) is 63.3 Å². The Morgan fingerprint density at radius 2 is 1.96 bits per heavy atom. The Morgan fingerprint density at radius 1 is 1.21 bits per heavy atom. The average Bonchev–Trinajstić information content (AvgIpc) is 2.69. The van der Waals surface area contributed by atoms with Gasteiger partial charge in [0.1, 0.15) is 5.75 Å². The van der Waals surface area contributed by atoms with Gasteiger partial charge in [0.2, 0.25) is 5.91 Å². The lowest BCUT2D eigenvalue weighted by atomic mass is 9.73. The summed E-state index contributed by atoms with van der Waals surface area (Å²) < 4.78 is 5.16.